The third-order valence-electron chi connectivity index (χ3n) is 4.66. The van der Waals surface area contributed by atoms with E-state index in [4.69, 9.17) is 17.3 Å². The van der Waals surface area contributed by atoms with E-state index >= 15 is 0 Å². The molecule has 1 aliphatic carbocycles. The molecule has 29 heavy (non-hydrogen) atoms. The van der Waals surface area contributed by atoms with Gasteiger partial charge in [-0.2, -0.15) is 0 Å². The van der Waals surface area contributed by atoms with Gasteiger partial charge in [0.05, 0.1) is 0 Å². The summed E-state index contributed by atoms with van der Waals surface area (Å²) >= 11 is 6.29. The van der Waals surface area contributed by atoms with Gasteiger partial charge in [0, 0.05) is 41.3 Å². The van der Waals surface area contributed by atoms with Crippen molar-refractivity contribution in [1.29, 1.82) is 0 Å². The van der Waals surface area contributed by atoms with Crippen LogP contribution in [0.5, 0.6) is 0 Å². The monoisotopic (exact) mass is 421 g/mol. The number of nitrogens with zero attached hydrogens (tertiary/aromatic N) is 1. The summed E-state index contributed by atoms with van der Waals surface area (Å²) in [5.74, 6) is -2.16. The number of anilines is 1. The van der Waals surface area contributed by atoms with E-state index in [1.165, 1.54) is 0 Å². The Morgan fingerprint density at radius 1 is 1.14 bits per heavy atom. The third kappa shape index (κ3) is 5.74. The van der Waals surface area contributed by atoms with Gasteiger partial charge in [0.15, 0.2) is 0 Å². The molecule has 0 aliphatic heterocycles. The molecule has 3 N–H and O–H groups in total. The smallest absolute Gasteiger partial charge is 0.255 e. The Bertz CT molecular complexity index is 899. The second kappa shape index (κ2) is 9.33. The fourth-order valence-corrected chi connectivity index (χ4v) is 3.18. The van der Waals surface area contributed by atoms with E-state index in [-0.39, 0.29) is 17.4 Å². The lowest BCUT2D eigenvalue weighted by molar-refractivity contribution is -0.133. The first-order valence-electron chi connectivity index (χ1n) is 9.42. The number of nitrogens with one attached hydrogen (secondary N) is 1. The van der Waals surface area contributed by atoms with Crippen molar-refractivity contribution < 1.29 is 18.4 Å². The second-order valence-electron chi connectivity index (χ2n) is 7.09. The summed E-state index contributed by atoms with van der Waals surface area (Å²) in [5.41, 5.74) is 6.53. The van der Waals surface area contributed by atoms with E-state index in [0.717, 1.165) is 25.0 Å². The first kappa shape index (κ1) is 21.2. The second-order valence-corrected chi connectivity index (χ2v) is 7.50. The molecule has 1 aliphatic rings. The number of nitrogens with two attached hydrogens (primary N) is 1. The van der Waals surface area contributed by atoms with Crippen LogP contribution in [-0.4, -0.2) is 29.8 Å². The Morgan fingerprint density at radius 3 is 2.45 bits per heavy atom. The van der Waals surface area contributed by atoms with Crippen molar-refractivity contribution in [3.63, 3.8) is 0 Å². The highest BCUT2D eigenvalue weighted by atomic mass is 35.5. The highest BCUT2D eigenvalue weighted by molar-refractivity contribution is 6.31. The Kier molecular flexibility index (Phi) is 6.82. The fourth-order valence-electron chi connectivity index (χ4n) is 3.01. The summed E-state index contributed by atoms with van der Waals surface area (Å²) in [6.45, 7) is 1.30. The third-order valence-corrected chi connectivity index (χ3v) is 5.03. The minimum absolute atomic E-state index is 0.0670. The van der Waals surface area contributed by atoms with E-state index in [1.54, 1.807) is 23.1 Å². The molecule has 3 rings (SSSR count). The number of carbonyl (C=O) groups excluding carboxylic acids is 2. The van der Waals surface area contributed by atoms with Gasteiger partial charge in [-0.3, -0.25) is 9.59 Å². The van der Waals surface area contributed by atoms with Crippen LogP contribution in [0.1, 0.15) is 35.2 Å². The Labute approximate surface area is 172 Å². The normalized spacial score (nSPS) is 13.2. The van der Waals surface area contributed by atoms with Crippen LogP contribution < -0.4 is 11.1 Å². The zero-order chi connectivity index (χ0) is 21.0. The van der Waals surface area contributed by atoms with Gasteiger partial charge in [-0.1, -0.05) is 11.6 Å². The highest BCUT2D eigenvalue weighted by Gasteiger charge is 2.33. The standard InChI is InChI=1S/C21H22ClF2N3O2/c22-19-5-4-18(26-20(28)14-8-16(23)11-17(24)9-14)10-15(19)12-27(7-1-6-25)21(29)13-2-3-13/h4-5,8-11,13H,1-3,6-7,12,25H2,(H,26,28). The van der Waals surface area contributed by atoms with Crippen molar-refractivity contribution in [2.75, 3.05) is 18.4 Å². The first-order chi connectivity index (χ1) is 13.9. The molecule has 0 unspecified atom stereocenters. The molecule has 0 bridgehead atoms. The topological polar surface area (TPSA) is 75.4 Å². The maximum absolute atomic E-state index is 13.4. The van der Waals surface area contributed by atoms with Crippen molar-refractivity contribution in [2.45, 2.75) is 25.8 Å². The van der Waals surface area contributed by atoms with E-state index in [9.17, 15) is 18.4 Å². The number of carbonyl (C=O) groups is 2. The highest BCUT2D eigenvalue weighted by Crippen LogP contribution is 2.32. The quantitative estimate of drug-likeness (QED) is 0.677. The van der Waals surface area contributed by atoms with Crippen LogP contribution in [0, 0.1) is 17.6 Å². The van der Waals surface area contributed by atoms with Crippen molar-refractivity contribution in [3.05, 3.63) is 64.2 Å². The van der Waals surface area contributed by atoms with Crippen molar-refractivity contribution in [3.8, 4) is 0 Å². The van der Waals surface area contributed by atoms with Crippen LogP contribution >= 0.6 is 11.6 Å². The van der Waals surface area contributed by atoms with E-state index in [1.807, 2.05) is 0 Å². The predicted molar refractivity (Wildman–Crippen MR) is 108 cm³/mol. The summed E-state index contributed by atoms with van der Waals surface area (Å²) in [4.78, 5) is 26.6. The SMILES string of the molecule is NCCCN(Cc1cc(NC(=O)c2cc(F)cc(F)c2)ccc1Cl)C(=O)C1CC1. The van der Waals surface area contributed by atoms with Gasteiger partial charge in [-0.05, 0) is 61.7 Å². The summed E-state index contributed by atoms with van der Waals surface area (Å²) in [6.07, 6.45) is 2.47. The van der Waals surface area contributed by atoms with E-state index in [0.29, 0.717) is 48.4 Å². The van der Waals surface area contributed by atoms with Crippen molar-refractivity contribution in [2.24, 2.45) is 11.7 Å². The minimum atomic E-state index is -0.832. The van der Waals surface area contributed by atoms with Gasteiger partial charge in [0.2, 0.25) is 5.91 Å². The maximum Gasteiger partial charge on any atom is 0.255 e. The number of benzene rings is 2. The Balaban J connectivity index is 1.75. The number of hydrogen-bond donors (Lipinski definition) is 2. The van der Waals surface area contributed by atoms with Crippen LogP contribution in [0.4, 0.5) is 14.5 Å². The zero-order valence-electron chi connectivity index (χ0n) is 15.8. The molecule has 2 aromatic carbocycles. The zero-order valence-corrected chi connectivity index (χ0v) is 16.5. The van der Waals surface area contributed by atoms with Crippen LogP contribution in [0.25, 0.3) is 0 Å². The molecule has 2 amide bonds. The van der Waals surface area contributed by atoms with E-state index < -0.39 is 17.5 Å². The Morgan fingerprint density at radius 2 is 1.83 bits per heavy atom. The summed E-state index contributed by atoms with van der Waals surface area (Å²) < 4.78 is 26.7. The maximum atomic E-state index is 13.4. The molecule has 0 radical (unpaired) electrons. The lowest BCUT2D eigenvalue weighted by atomic mass is 10.1. The molecule has 0 heterocycles. The number of halogens is 3. The molecule has 2 aromatic rings. The van der Waals surface area contributed by atoms with Crippen molar-refractivity contribution in [1.82, 2.24) is 4.90 Å². The first-order valence-corrected chi connectivity index (χ1v) is 9.80. The number of amides is 2. The molecule has 0 spiro atoms. The number of rotatable bonds is 8. The van der Waals surface area contributed by atoms with Gasteiger partial charge in [0.25, 0.3) is 5.91 Å². The largest absolute Gasteiger partial charge is 0.338 e. The van der Waals surface area contributed by atoms with Gasteiger partial charge in [-0.25, -0.2) is 8.78 Å². The Hall–Kier alpha value is -2.51. The minimum Gasteiger partial charge on any atom is -0.338 e. The molecule has 1 saturated carbocycles. The fraction of sp³-hybridized carbons (Fsp3) is 0.333. The van der Waals surface area contributed by atoms with Crippen LogP contribution in [-0.2, 0) is 11.3 Å². The lowest BCUT2D eigenvalue weighted by Crippen LogP contribution is -2.33. The molecule has 154 valence electrons. The van der Waals surface area contributed by atoms with Gasteiger partial charge >= 0.3 is 0 Å². The molecule has 0 atom stereocenters. The summed E-state index contributed by atoms with van der Waals surface area (Å²) in [7, 11) is 0. The van der Waals surface area contributed by atoms with Crippen LogP contribution in [0.15, 0.2) is 36.4 Å². The summed E-state index contributed by atoms with van der Waals surface area (Å²) in [5, 5.41) is 3.07. The average molecular weight is 422 g/mol. The molecule has 0 aromatic heterocycles. The van der Waals surface area contributed by atoms with E-state index in [2.05, 4.69) is 5.32 Å². The van der Waals surface area contributed by atoms with Crippen molar-refractivity contribution >= 4 is 29.1 Å². The molecule has 1 fully saturated rings. The molecule has 8 heteroatoms. The number of hydrogen-bond acceptors (Lipinski definition) is 3. The van der Waals surface area contributed by atoms with Gasteiger partial charge in [-0.15, -0.1) is 0 Å². The van der Waals surface area contributed by atoms with Crippen LogP contribution in [0.2, 0.25) is 5.02 Å². The lowest BCUT2D eigenvalue weighted by Gasteiger charge is -2.23. The predicted octanol–water partition coefficient (Wildman–Crippen LogP) is 3.96. The molecular formula is C21H22ClF2N3O2. The molecule has 0 saturated heterocycles. The van der Waals surface area contributed by atoms with Crippen LogP contribution in [0.3, 0.4) is 0 Å². The average Bonchev–Trinajstić information content (AvgIpc) is 3.51. The molecular weight excluding hydrogens is 400 g/mol. The van der Waals surface area contributed by atoms with Gasteiger partial charge in [0.1, 0.15) is 11.6 Å². The van der Waals surface area contributed by atoms with Gasteiger partial charge < -0.3 is 16.0 Å². The molecule has 5 nitrogen and oxygen atoms in total. The summed E-state index contributed by atoms with van der Waals surface area (Å²) in [6, 6.07) is 7.47.